The first-order chi connectivity index (χ1) is 21.6. The Morgan fingerprint density at radius 1 is 1.00 bits per heavy atom. The molecule has 0 unspecified atom stereocenters. The number of nitrogens with one attached hydrogen (secondary N) is 1. The molecule has 5 aromatic rings. The van der Waals surface area contributed by atoms with Gasteiger partial charge in [0.1, 0.15) is 34.8 Å². The van der Waals surface area contributed by atoms with Gasteiger partial charge >= 0.3 is 0 Å². The Labute approximate surface area is 255 Å². The number of ether oxygens (including phenoxy) is 1. The number of oxazole rings is 1. The third-order valence-corrected chi connectivity index (χ3v) is 8.52. The standard InChI is InChI=1S/C34H27F3N4O4/c1-34(33(38)43)16-44-30-22(34)13-27(40-29(30)20-12-24(36)25(37)14-23(20)35)21(17-5-3-2-4-6-17)15-39-31(42)19-9-10-26-28(11-19)45-32(41-26)18-7-8-18/h2-6,9-14,18,21H,7-8,15-16H2,1H3,(H2,38,43)(H,39,42)/t21-,34-/m0/s1. The molecule has 7 rings (SSSR count). The fraction of sp³-hybridized carbons (Fsp3) is 0.235. The van der Waals surface area contributed by atoms with Gasteiger partial charge in [-0.1, -0.05) is 30.3 Å². The van der Waals surface area contributed by atoms with E-state index in [0.29, 0.717) is 51.9 Å². The molecule has 2 amide bonds. The second-order valence-corrected chi connectivity index (χ2v) is 11.7. The molecular weight excluding hydrogens is 585 g/mol. The van der Waals surface area contributed by atoms with E-state index in [-0.39, 0.29) is 36.1 Å². The smallest absolute Gasteiger partial charge is 0.251 e. The van der Waals surface area contributed by atoms with Crippen molar-refractivity contribution in [1.82, 2.24) is 15.3 Å². The van der Waals surface area contributed by atoms with Crippen molar-refractivity contribution in [1.29, 1.82) is 0 Å². The second kappa shape index (κ2) is 10.8. The van der Waals surface area contributed by atoms with Crippen LogP contribution in [0.5, 0.6) is 5.75 Å². The zero-order valence-corrected chi connectivity index (χ0v) is 24.1. The number of aromatic nitrogens is 2. The van der Waals surface area contributed by atoms with Gasteiger partial charge in [0.15, 0.2) is 23.1 Å². The maximum atomic E-state index is 15.1. The predicted molar refractivity (Wildman–Crippen MR) is 158 cm³/mol. The maximum absolute atomic E-state index is 15.1. The minimum atomic E-state index is -1.36. The quantitative estimate of drug-likeness (QED) is 0.211. The molecule has 3 heterocycles. The molecule has 1 aliphatic heterocycles. The Kier molecular flexibility index (Phi) is 6.83. The van der Waals surface area contributed by atoms with Crippen LogP contribution in [0.3, 0.4) is 0 Å². The SMILES string of the molecule is C[C@]1(C(N)=O)COc2c1cc([C@@H](CNC(=O)c1ccc3nc(C4CC4)oc3c1)c1ccccc1)nc2-c1cc(F)c(F)cc1F. The lowest BCUT2D eigenvalue weighted by Gasteiger charge is -2.23. The Morgan fingerprint density at radius 2 is 1.76 bits per heavy atom. The lowest BCUT2D eigenvalue weighted by molar-refractivity contribution is -0.123. The summed E-state index contributed by atoms with van der Waals surface area (Å²) in [7, 11) is 0. The highest BCUT2D eigenvalue weighted by Gasteiger charge is 2.44. The average Bonchev–Trinajstić information content (AvgIpc) is 3.70. The molecule has 0 saturated heterocycles. The van der Waals surface area contributed by atoms with E-state index in [2.05, 4.69) is 15.3 Å². The monoisotopic (exact) mass is 612 g/mol. The van der Waals surface area contributed by atoms with Gasteiger partial charge in [-0.15, -0.1) is 0 Å². The molecule has 45 heavy (non-hydrogen) atoms. The number of hydrogen-bond acceptors (Lipinski definition) is 6. The normalized spacial score (nSPS) is 18.0. The number of carbonyl (C=O) groups is 2. The molecule has 3 N–H and O–H groups in total. The van der Waals surface area contributed by atoms with E-state index in [1.165, 1.54) is 0 Å². The summed E-state index contributed by atoms with van der Waals surface area (Å²) in [4.78, 5) is 35.2. The van der Waals surface area contributed by atoms with Crippen LogP contribution in [0.25, 0.3) is 22.4 Å². The van der Waals surface area contributed by atoms with Crippen LogP contribution in [-0.2, 0) is 10.2 Å². The number of fused-ring (bicyclic) bond motifs is 2. The predicted octanol–water partition coefficient (Wildman–Crippen LogP) is 5.88. The number of nitrogens with zero attached hydrogens (tertiary/aromatic N) is 2. The van der Waals surface area contributed by atoms with Crippen LogP contribution in [0.15, 0.2) is 71.1 Å². The van der Waals surface area contributed by atoms with Crippen molar-refractivity contribution in [2.24, 2.45) is 5.73 Å². The summed E-state index contributed by atoms with van der Waals surface area (Å²) in [6.45, 7) is 1.48. The number of halogens is 3. The molecule has 11 heteroatoms. The van der Waals surface area contributed by atoms with Gasteiger partial charge in [0.25, 0.3) is 5.91 Å². The Hall–Kier alpha value is -5.19. The molecule has 2 atom stereocenters. The summed E-state index contributed by atoms with van der Waals surface area (Å²) >= 11 is 0. The minimum absolute atomic E-state index is 0.0459. The largest absolute Gasteiger partial charge is 0.489 e. The summed E-state index contributed by atoms with van der Waals surface area (Å²) in [5.41, 5.74) is 6.98. The molecule has 0 bridgehead atoms. The minimum Gasteiger partial charge on any atom is -0.489 e. The molecule has 0 spiro atoms. The molecule has 2 aromatic heterocycles. The number of carbonyl (C=O) groups excluding carboxylic acids is 2. The van der Waals surface area contributed by atoms with E-state index in [4.69, 9.17) is 14.9 Å². The van der Waals surface area contributed by atoms with E-state index in [1.54, 1.807) is 31.2 Å². The molecule has 2 aliphatic rings. The summed E-state index contributed by atoms with van der Waals surface area (Å²) < 4.78 is 55.1. The Morgan fingerprint density at radius 3 is 2.49 bits per heavy atom. The first kappa shape index (κ1) is 28.6. The summed E-state index contributed by atoms with van der Waals surface area (Å²) in [5, 5.41) is 2.95. The first-order valence-corrected chi connectivity index (χ1v) is 14.5. The van der Waals surface area contributed by atoms with E-state index in [1.807, 2.05) is 30.3 Å². The highest BCUT2D eigenvalue weighted by molar-refractivity contribution is 5.97. The van der Waals surface area contributed by atoms with Gasteiger partial charge < -0.3 is 20.2 Å². The molecule has 8 nitrogen and oxygen atoms in total. The van der Waals surface area contributed by atoms with E-state index >= 15 is 4.39 Å². The first-order valence-electron chi connectivity index (χ1n) is 14.5. The van der Waals surface area contributed by atoms with Gasteiger partial charge in [-0.3, -0.25) is 9.59 Å². The molecule has 0 radical (unpaired) electrons. The zero-order chi connectivity index (χ0) is 31.5. The summed E-state index contributed by atoms with van der Waals surface area (Å²) in [5.74, 6) is -4.32. The highest BCUT2D eigenvalue weighted by Crippen LogP contribution is 2.46. The maximum Gasteiger partial charge on any atom is 0.251 e. The molecule has 3 aromatic carbocycles. The van der Waals surface area contributed by atoms with Crippen molar-refractivity contribution in [2.45, 2.75) is 37.0 Å². The Balaban J connectivity index is 1.29. The van der Waals surface area contributed by atoms with Crippen LogP contribution in [-0.4, -0.2) is 34.9 Å². The number of benzene rings is 3. The van der Waals surface area contributed by atoms with E-state index in [9.17, 15) is 18.4 Å². The third-order valence-electron chi connectivity index (χ3n) is 8.52. The number of pyridine rings is 1. The van der Waals surface area contributed by atoms with E-state index in [0.717, 1.165) is 18.4 Å². The summed E-state index contributed by atoms with van der Waals surface area (Å²) in [6, 6.07) is 17.0. The highest BCUT2D eigenvalue weighted by atomic mass is 19.2. The zero-order valence-electron chi connectivity index (χ0n) is 24.1. The van der Waals surface area contributed by atoms with Gasteiger partial charge in [-0.2, -0.15) is 0 Å². The van der Waals surface area contributed by atoms with Crippen LogP contribution < -0.4 is 15.8 Å². The van der Waals surface area contributed by atoms with Crippen molar-refractivity contribution in [2.75, 3.05) is 13.2 Å². The topological polar surface area (TPSA) is 120 Å². The fourth-order valence-electron chi connectivity index (χ4n) is 5.64. The van der Waals surface area contributed by atoms with Crippen molar-refractivity contribution in [3.8, 4) is 17.0 Å². The molecule has 1 fully saturated rings. The lowest BCUT2D eigenvalue weighted by Crippen LogP contribution is -2.40. The average molecular weight is 613 g/mol. The van der Waals surface area contributed by atoms with Gasteiger partial charge in [0.05, 0.1) is 5.69 Å². The number of rotatable bonds is 8. The van der Waals surface area contributed by atoms with Crippen LogP contribution in [0, 0.1) is 17.5 Å². The van der Waals surface area contributed by atoms with Crippen molar-refractivity contribution >= 4 is 22.9 Å². The second-order valence-electron chi connectivity index (χ2n) is 11.7. The third kappa shape index (κ3) is 5.07. The van der Waals surface area contributed by atoms with Crippen LogP contribution in [0.4, 0.5) is 13.2 Å². The van der Waals surface area contributed by atoms with Gasteiger partial charge in [-0.25, -0.2) is 23.1 Å². The van der Waals surface area contributed by atoms with E-state index < -0.39 is 34.7 Å². The lowest BCUT2D eigenvalue weighted by atomic mass is 9.81. The molecule has 1 saturated carbocycles. The van der Waals surface area contributed by atoms with Gasteiger partial charge in [-0.05, 0) is 55.7 Å². The number of hydrogen-bond donors (Lipinski definition) is 2. The van der Waals surface area contributed by atoms with Gasteiger partial charge in [0, 0.05) is 41.1 Å². The van der Waals surface area contributed by atoms with Crippen LogP contribution in [0.1, 0.15) is 64.7 Å². The molecule has 228 valence electrons. The van der Waals surface area contributed by atoms with Crippen LogP contribution >= 0.6 is 0 Å². The van der Waals surface area contributed by atoms with Crippen molar-refractivity contribution in [3.63, 3.8) is 0 Å². The number of primary amides is 1. The number of nitrogens with two attached hydrogens (primary N) is 1. The van der Waals surface area contributed by atoms with Crippen molar-refractivity contribution < 1.29 is 31.9 Å². The number of amides is 2. The van der Waals surface area contributed by atoms with Gasteiger partial charge in [0.2, 0.25) is 5.91 Å². The molecular formula is C34H27F3N4O4. The Bertz CT molecular complexity index is 1990. The fourth-order valence-corrected chi connectivity index (χ4v) is 5.64. The molecule has 1 aliphatic carbocycles. The summed E-state index contributed by atoms with van der Waals surface area (Å²) in [6.07, 6.45) is 2.07. The van der Waals surface area contributed by atoms with Crippen molar-refractivity contribution in [3.05, 3.63) is 112 Å². The van der Waals surface area contributed by atoms with Crippen LogP contribution in [0.2, 0.25) is 0 Å².